The second kappa shape index (κ2) is 9.43. The molecule has 1 aromatic heterocycles. The summed E-state index contributed by atoms with van der Waals surface area (Å²) >= 11 is 0. The molecule has 1 aromatic carbocycles. The van der Waals surface area contributed by atoms with Crippen LogP contribution in [0.1, 0.15) is 35.8 Å². The Hall–Kier alpha value is -2.27. The second-order valence-electron chi connectivity index (χ2n) is 6.88. The Morgan fingerprint density at radius 3 is 2.58 bits per heavy atom. The van der Waals surface area contributed by atoms with E-state index >= 15 is 0 Å². The molecule has 0 saturated carbocycles. The first-order valence-corrected chi connectivity index (χ1v) is 9.54. The molecule has 0 radical (unpaired) electrons. The van der Waals surface area contributed by atoms with Crippen molar-refractivity contribution in [2.45, 2.75) is 32.2 Å². The van der Waals surface area contributed by atoms with Crippen molar-refractivity contribution in [3.8, 4) is 0 Å². The number of hydrogen-bond acceptors (Lipinski definition) is 3. The first kappa shape index (κ1) is 18.5. The molecule has 1 aliphatic heterocycles. The molecular weight excluding hydrogens is 324 g/mol. The summed E-state index contributed by atoms with van der Waals surface area (Å²) in [6.45, 7) is 6.13. The summed E-state index contributed by atoms with van der Waals surface area (Å²) < 4.78 is 5.38. The van der Waals surface area contributed by atoms with Crippen LogP contribution >= 0.6 is 0 Å². The van der Waals surface area contributed by atoms with Gasteiger partial charge in [0.15, 0.2) is 5.96 Å². The van der Waals surface area contributed by atoms with Crippen molar-refractivity contribution in [1.29, 1.82) is 0 Å². The van der Waals surface area contributed by atoms with E-state index in [0.717, 1.165) is 31.2 Å². The van der Waals surface area contributed by atoms with E-state index in [1.54, 1.807) is 6.26 Å². The van der Waals surface area contributed by atoms with E-state index in [0.29, 0.717) is 6.04 Å². The van der Waals surface area contributed by atoms with E-state index in [1.165, 1.54) is 37.1 Å². The van der Waals surface area contributed by atoms with Gasteiger partial charge in [-0.2, -0.15) is 0 Å². The van der Waals surface area contributed by atoms with Gasteiger partial charge in [0.05, 0.1) is 12.3 Å². The van der Waals surface area contributed by atoms with Crippen molar-refractivity contribution in [2.75, 3.05) is 33.2 Å². The van der Waals surface area contributed by atoms with Gasteiger partial charge in [-0.1, -0.05) is 29.8 Å². The van der Waals surface area contributed by atoms with Gasteiger partial charge in [-0.05, 0) is 50.6 Å². The average molecular weight is 354 g/mol. The Bertz CT molecular complexity index is 673. The van der Waals surface area contributed by atoms with Crippen LogP contribution in [0.3, 0.4) is 0 Å². The Kier molecular flexibility index (Phi) is 6.72. The Balaban J connectivity index is 1.56. The zero-order valence-electron chi connectivity index (χ0n) is 15.9. The number of nitrogens with one attached hydrogen (secondary N) is 2. The monoisotopic (exact) mass is 354 g/mol. The third-order valence-corrected chi connectivity index (χ3v) is 4.97. The summed E-state index contributed by atoms with van der Waals surface area (Å²) in [5.74, 6) is 1.83. The molecule has 2 N–H and O–H groups in total. The number of aliphatic imine (C=N–C) groups is 1. The van der Waals surface area contributed by atoms with Crippen LogP contribution in [0.15, 0.2) is 52.1 Å². The zero-order valence-corrected chi connectivity index (χ0v) is 15.9. The van der Waals surface area contributed by atoms with E-state index in [4.69, 9.17) is 4.42 Å². The molecule has 0 amide bonds. The Morgan fingerprint density at radius 2 is 1.92 bits per heavy atom. The largest absolute Gasteiger partial charge is 0.469 e. The molecule has 140 valence electrons. The first-order valence-electron chi connectivity index (χ1n) is 9.54. The van der Waals surface area contributed by atoms with E-state index in [9.17, 15) is 0 Å². The van der Waals surface area contributed by atoms with Gasteiger partial charge in [0, 0.05) is 26.6 Å². The highest BCUT2D eigenvalue weighted by Gasteiger charge is 2.23. The highest BCUT2D eigenvalue weighted by atomic mass is 16.3. The SMILES string of the molecule is CN=C(NCCc1ccco1)NCC(c1ccc(C)cc1)N1CCCC1. The van der Waals surface area contributed by atoms with Gasteiger partial charge >= 0.3 is 0 Å². The molecular formula is C21H30N4O. The fourth-order valence-corrected chi connectivity index (χ4v) is 3.47. The molecule has 0 aliphatic carbocycles. The average Bonchev–Trinajstić information content (AvgIpc) is 3.36. The molecule has 26 heavy (non-hydrogen) atoms. The summed E-state index contributed by atoms with van der Waals surface area (Å²) in [7, 11) is 1.82. The molecule has 5 heteroatoms. The molecule has 1 fully saturated rings. The van der Waals surface area contributed by atoms with Gasteiger partial charge < -0.3 is 15.1 Å². The minimum Gasteiger partial charge on any atom is -0.469 e. The van der Waals surface area contributed by atoms with Gasteiger partial charge in [-0.15, -0.1) is 0 Å². The standard InChI is InChI=1S/C21H30N4O/c1-17-7-9-18(10-8-17)20(25-13-3-4-14-25)16-24-21(22-2)23-12-11-19-6-5-15-26-19/h5-10,15,20H,3-4,11-14,16H2,1-2H3,(H2,22,23,24). The van der Waals surface area contributed by atoms with Crippen LogP contribution in [0.25, 0.3) is 0 Å². The van der Waals surface area contributed by atoms with Crippen molar-refractivity contribution in [3.63, 3.8) is 0 Å². The predicted octanol–water partition coefficient (Wildman–Crippen LogP) is 3.13. The number of guanidine groups is 1. The van der Waals surface area contributed by atoms with Crippen LogP contribution in [0.5, 0.6) is 0 Å². The number of nitrogens with zero attached hydrogens (tertiary/aromatic N) is 2. The topological polar surface area (TPSA) is 52.8 Å². The van der Waals surface area contributed by atoms with Crippen LogP contribution in [-0.2, 0) is 6.42 Å². The van der Waals surface area contributed by atoms with Gasteiger partial charge in [-0.3, -0.25) is 9.89 Å². The van der Waals surface area contributed by atoms with E-state index in [-0.39, 0.29) is 0 Å². The lowest BCUT2D eigenvalue weighted by Gasteiger charge is -2.29. The van der Waals surface area contributed by atoms with Crippen LogP contribution in [0, 0.1) is 6.92 Å². The normalized spacial score (nSPS) is 16.6. The molecule has 1 unspecified atom stereocenters. The van der Waals surface area contributed by atoms with Crippen LogP contribution in [0.2, 0.25) is 0 Å². The lowest BCUT2D eigenvalue weighted by molar-refractivity contribution is 0.245. The van der Waals surface area contributed by atoms with Crippen molar-refractivity contribution in [2.24, 2.45) is 4.99 Å². The zero-order chi connectivity index (χ0) is 18.2. The molecule has 0 spiro atoms. The molecule has 1 aliphatic rings. The van der Waals surface area contributed by atoms with Crippen molar-refractivity contribution >= 4 is 5.96 Å². The predicted molar refractivity (Wildman–Crippen MR) is 107 cm³/mol. The maximum Gasteiger partial charge on any atom is 0.191 e. The molecule has 2 aromatic rings. The van der Waals surface area contributed by atoms with Crippen molar-refractivity contribution in [3.05, 3.63) is 59.5 Å². The Morgan fingerprint density at radius 1 is 1.15 bits per heavy atom. The molecule has 1 atom stereocenters. The summed E-state index contributed by atoms with van der Waals surface area (Å²) in [5.41, 5.74) is 2.67. The number of rotatable bonds is 7. The smallest absolute Gasteiger partial charge is 0.191 e. The minimum atomic E-state index is 0.377. The lowest BCUT2D eigenvalue weighted by Crippen LogP contribution is -2.43. The maximum atomic E-state index is 5.38. The molecule has 1 saturated heterocycles. The molecule has 0 bridgehead atoms. The fraction of sp³-hybridized carbons (Fsp3) is 0.476. The highest BCUT2D eigenvalue weighted by molar-refractivity contribution is 5.79. The molecule has 2 heterocycles. The van der Waals surface area contributed by atoms with Gasteiger partial charge in [0.1, 0.15) is 5.76 Å². The lowest BCUT2D eigenvalue weighted by atomic mass is 10.0. The summed E-state index contributed by atoms with van der Waals surface area (Å²) in [4.78, 5) is 6.94. The van der Waals surface area contributed by atoms with Crippen LogP contribution in [-0.4, -0.2) is 44.1 Å². The number of likely N-dealkylation sites (tertiary alicyclic amines) is 1. The maximum absolute atomic E-state index is 5.38. The first-order chi connectivity index (χ1) is 12.8. The van der Waals surface area contributed by atoms with Crippen molar-refractivity contribution in [1.82, 2.24) is 15.5 Å². The highest BCUT2D eigenvalue weighted by Crippen LogP contribution is 2.24. The summed E-state index contributed by atoms with van der Waals surface area (Å²) in [6, 6.07) is 13.2. The Labute approximate surface area is 156 Å². The van der Waals surface area contributed by atoms with E-state index in [1.807, 2.05) is 19.2 Å². The summed E-state index contributed by atoms with van der Waals surface area (Å²) in [5, 5.41) is 6.88. The van der Waals surface area contributed by atoms with Crippen LogP contribution < -0.4 is 10.6 Å². The number of furan rings is 1. The van der Waals surface area contributed by atoms with Gasteiger partial charge in [0.2, 0.25) is 0 Å². The quantitative estimate of drug-likeness (QED) is 0.592. The van der Waals surface area contributed by atoms with Gasteiger partial charge in [-0.25, -0.2) is 0 Å². The van der Waals surface area contributed by atoms with E-state index in [2.05, 4.69) is 51.7 Å². The minimum absolute atomic E-state index is 0.377. The fourth-order valence-electron chi connectivity index (χ4n) is 3.47. The number of aryl methyl sites for hydroxylation is 1. The second-order valence-corrected chi connectivity index (χ2v) is 6.88. The summed E-state index contributed by atoms with van der Waals surface area (Å²) in [6.07, 6.45) is 5.14. The third-order valence-electron chi connectivity index (χ3n) is 4.97. The number of hydrogen-bond donors (Lipinski definition) is 2. The van der Waals surface area contributed by atoms with E-state index < -0.39 is 0 Å². The third kappa shape index (κ3) is 5.11. The number of benzene rings is 1. The van der Waals surface area contributed by atoms with Crippen molar-refractivity contribution < 1.29 is 4.42 Å². The van der Waals surface area contributed by atoms with Crippen LogP contribution in [0.4, 0.5) is 0 Å². The molecule has 3 rings (SSSR count). The van der Waals surface area contributed by atoms with Gasteiger partial charge in [0.25, 0.3) is 0 Å². The molecule has 5 nitrogen and oxygen atoms in total.